The molecule has 0 atom stereocenters. The Kier molecular flexibility index (Phi) is 6.19. The lowest BCUT2D eigenvalue weighted by Crippen LogP contribution is -2.28. The number of urea groups is 1. The van der Waals surface area contributed by atoms with Gasteiger partial charge in [0.1, 0.15) is 0 Å². The molecule has 0 unspecified atom stereocenters. The number of nitrogens with one attached hydrogen (secondary N) is 2. The zero-order chi connectivity index (χ0) is 12.7. The van der Waals surface area contributed by atoms with E-state index < -0.39 is 0 Å². The quantitative estimate of drug-likeness (QED) is 0.641. The smallest absolute Gasteiger partial charge is 0.319 e. The largest absolute Gasteiger partial charge is 0.334 e. The minimum atomic E-state index is -0.317. The predicted octanol–water partition coefficient (Wildman–Crippen LogP) is 3.91. The first-order valence-corrected chi connectivity index (χ1v) is 6.13. The molecule has 0 saturated carbocycles. The van der Waals surface area contributed by atoms with Gasteiger partial charge >= 0.3 is 6.03 Å². The summed E-state index contributed by atoms with van der Waals surface area (Å²) in [5.41, 5.74) is 0.582. The van der Waals surface area contributed by atoms with E-state index in [1.807, 2.05) is 0 Å². The summed E-state index contributed by atoms with van der Waals surface area (Å²) < 4.78 is 0. The third-order valence-corrected chi connectivity index (χ3v) is 2.73. The molecule has 0 saturated heterocycles. The average molecular weight is 294 g/mol. The minimum absolute atomic E-state index is 0.317. The number of rotatable bonds is 4. The minimum Gasteiger partial charge on any atom is -0.334 e. The van der Waals surface area contributed by atoms with Crippen molar-refractivity contribution in [2.75, 3.05) is 17.7 Å². The molecule has 1 rings (SSSR count). The van der Waals surface area contributed by atoms with Gasteiger partial charge in [-0.2, -0.15) is 0 Å². The molecule has 0 aliphatic rings. The maximum atomic E-state index is 11.4. The fraction of sp³-hybridized carbons (Fsp3) is 0.182. The number of allylic oxidation sites excluding steroid dienone is 1. The van der Waals surface area contributed by atoms with Crippen molar-refractivity contribution in [2.24, 2.45) is 0 Å². The molecule has 0 fully saturated rings. The second-order valence-corrected chi connectivity index (χ2v) is 4.21. The van der Waals surface area contributed by atoms with E-state index in [2.05, 4.69) is 10.6 Å². The van der Waals surface area contributed by atoms with Crippen molar-refractivity contribution in [1.82, 2.24) is 5.32 Å². The first kappa shape index (κ1) is 14.2. The summed E-state index contributed by atoms with van der Waals surface area (Å²) >= 11 is 17.0. The molecule has 0 aliphatic carbocycles. The summed E-state index contributed by atoms with van der Waals surface area (Å²) in [5, 5.41) is 6.10. The topological polar surface area (TPSA) is 41.1 Å². The van der Waals surface area contributed by atoms with Gasteiger partial charge in [-0.25, -0.2) is 4.79 Å². The fourth-order valence-electron chi connectivity index (χ4n) is 1.05. The van der Waals surface area contributed by atoms with Gasteiger partial charge in [-0.3, -0.25) is 0 Å². The number of halogens is 3. The van der Waals surface area contributed by atoms with Crippen LogP contribution in [0.3, 0.4) is 0 Å². The predicted molar refractivity (Wildman–Crippen MR) is 73.3 cm³/mol. The van der Waals surface area contributed by atoms with Gasteiger partial charge in [-0.15, -0.1) is 11.6 Å². The van der Waals surface area contributed by atoms with E-state index in [1.54, 1.807) is 30.4 Å². The second kappa shape index (κ2) is 7.43. The van der Waals surface area contributed by atoms with E-state index in [4.69, 9.17) is 34.8 Å². The number of hydrogen-bond acceptors (Lipinski definition) is 1. The van der Waals surface area contributed by atoms with E-state index in [1.165, 1.54) is 0 Å². The Hall–Kier alpha value is -0.900. The molecule has 92 valence electrons. The number of anilines is 1. The monoisotopic (exact) mass is 292 g/mol. The van der Waals surface area contributed by atoms with Crippen LogP contribution >= 0.6 is 34.8 Å². The molecule has 2 amide bonds. The zero-order valence-electron chi connectivity index (χ0n) is 8.84. The van der Waals surface area contributed by atoms with Crippen molar-refractivity contribution < 1.29 is 4.79 Å². The van der Waals surface area contributed by atoms with Crippen LogP contribution in [0.5, 0.6) is 0 Å². The zero-order valence-corrected chi connectivity index (χ0v) is 11.1. The Morgan fingerprint density at radius 1 is 1.24 bits per heavy atom. The highest BCUT2D eigenvalue weighted by atomic mass is 35.5. The third kappa shape index (κ3) is 5.31. The summed E-state index contributed by atoms with van der Waals surface area (Å²) in [4.78, 5) is 11.4. The Bertz CT molecular complexity index is 421. The third-order valence-electron chi connectivity index (χ3n) is 1.81. The van der Waals surface area contributed by atoms with E-state index in [-0.39, 0.29) is 6.03 Å². The highest BCUT2D eigenvalue weighted by Crippen LogP contribution is 2.24. The normalized spacial score (nSPS) is 10.5. The molecule has 17 heavy (non-hydrogen) atoms. The number of hydrogen-bond donors (Lipinski definition) is 2. The van der Waals surface area contributed by atoms with Gasteiger partial charge in [-0.1, -0.05) is 35.4 Å². The highest BCUT2D eigenvalue weighted by molar-refractivity contribution is 6.42. The summed E-state index contributed by atoms with van der Waals surface area (Å²) in [5.74, 6) is 0.427. The van der Waals surface area contributed by atoms with Crippen LogP contribution in [0.1, 0.15) is 0 Å². The van der Waals surface area contributed by atoms with Crippen LogP contribution < -0.4 is 10.6 Å². The summed E-state index contributed by atoms with van der Waals surface area (Å²) in [6.45, 7) is 0.417. The Morgan fingerprint density at radius 2 is 2.00 bits per heavy atom. The van der Waals surface area contributed by atoms with Crippen molar-refractivity contribution in [2.45, 2.75) is 0 Å². The van der Waals surface area contributed by atoms with Gasteiger partial charge in [0.2, 0.25) is 0 Å². The lowest BCUT2D eigenvalue weighted by Gasteiger charge is -2.06. The average Bonchev–Trinajstić information content (AvgIpc) is 2.30. The molecule has 0 spiro atoms. The van der Waals surface area contributed by atoms with E-state index >= 15 is 0 Å². The molecular formula is C11H11Cl3N2O. The number of amides is 2. The Morgan fingerprint density at radius 3 is 2.65 bits per heavy atom. The van der Waals surface area contributed by atoms with Gasteiger partial charge in [0, 0.05) is 18.1 Å². The van der Waals surface area contributed by atoms with E-state index in [0.717, 1.165) is 0 Å². The molecule has 1 aromatic rings. The highest BCUT2D eigenvalue weighted by Gasteiger charge is 2.02. The molecule has 6 heteroatoms. The standard InChI is InChI=1S/C11H11Cl3N2O/c12-5-1-2-6-15-11(17)16-8-3-4-9(13)10(14)7-8/h1-4,7H,5-6H2,(H2,15,16,17)/b2-1+. The van der Waals surface area contributed by atoms with Crippen molar-refractivity contribution in [3.05, 3.63) is 40.4 Å². The van der Waals surface area contributed by atoms with Crippen LogP contribution in [0.4, 0.5) is 10.5 Å². The fourth-order valence-corrected chi connectivity index (χ4v) is 1.47. The molecule has 0 heterocycles. The lowest BCUT2D eigenvalue weighted by atomic mass is 10.3. The molecule has 0 aliphatic heterocycles. The number of benzene rings is 1. The van der Waals surface area contributed by atoms with Crippen LogP contribution in [0.15, 0.2) is 30.4 Å². The van der Waals surface area contributed by atoms with Gasteiger partial charge in [0.15, 0.2) is 0 Å². The van der Waals surface area contributed by atoms with Gasteiger partial charge in [-0.05, 0) is 18.2 Å². The molecule has 0 bridgehead atoms. The molecule has 1 aromatic carbocycles. The van der Waals surface area contributed by atoms with Gasteiger partial charge in [0.25, 0.3) is 0 Å². The van der Waals surface area contributed by atoms with Crippen molar-refractivity contribution in [3.8, 4) is 0 Å². The maximum Gasteiger partial charge on any atom is 0.319 e. The second-order valence-electron chi connectivity index (χ2n) is 3.09. The first-order chi connectivity index (χ1) is 8.13. The number of carbonyl (C=O) groups is 1. The van der Waals surface area contributed by atoms with Crippen molar-refractivity contribution in [1.29, 1.82) is 0 Å². The van der Waals surface area contributed by atoms with Crippen LogP contribution in [0, 0.1) is 0 Å². The van der Waals surface area contributed by atoms with Crippen molar-refractivity contribution in [3.63, 3.8) is 0 Å². The molecule has 2 N–H and O–H groups in total. The summed E-state index contributed by atoms with van der Waals surface area (Å²) in [6.07, 6.45) is 3.52. The van der Waals surface area contributed by atoms with Gasteiger partial charge in [0.05, 0.1) is 10.0 Å². The lowest BCUT2D eigenvalue weighted by molar-refractivity contribution is 0.253. The van der Waals surface area contributed by atoms with E-state index in [0.29, 0.717) is 28.2 Å². The first-order valence-electron chi connectivity index (χ1n) is 4.84. The van der Waals surface area contributed by atoms with Crippen LogP contribution in [0.25, 0.3) is 0 Å². The number of carbonyl (C=O) groups excluding carboxylic acids is 1. The van der Waals surface area contributed by atoms with E-state index in [9.17, 15) is 4.79 Å². The molecule has 3 nitrogen and oxygen atoms in total. The Labute approximate surface area is 115 Å². The van der Waals surface area contributed by atoms with Crippen molar-refractivity contribution >= 4 is 46.5 Å². The maximum absolute atomic E-state index is 11.4. The van der Waals surface area contributed by atoms with Crippen LogP contribution in [-0.4, -0.2) is 18.5 Å². The van der Waals surface area contributed by atoms with Gasteiger partial charge < -0.3 is 10.6 Å². The molecule has 0 radical (unpaired) electrons. The SMILES string of the molecule is O=C(NC/C=C/CCl)Nc1ccc(Cl)c(Cl)c1. The van der Waals surface area contributed by atoms with Crippen LogP contribution in [0.2, 0.25) is 10.0 Å². The Balaban J connectivity index is 2.45. The molecular weight excluding hydrogens is 282 g/mol. The summed E-state index contributed by atoms with van der Waals surface area (Å²) in [6, 6.07) is 4.55. The van der Waals surface area contributed by atoms with Crippen LogP contribution in [-0.2, 0) is 0 Å². The summed E-state index contributed by atoms with van der Waals surface area (Å²) in [7, 11) is 0. The number of alkyl halides is 1. The molecule has 0 aromatic heterocycles.